The van der Waals surface area contributed by atoms with Crippen molar-refractivity contribution in [2.45, 2.75) is 13.0 Å². The Morgan fingerprint density at radius 3 is 2.95 bits per heavy atom. The standard InChI is InChI=1S/C13H14N4O3/c1-20-13(19)10-3-2-4-11(7-10)16-12(18)5-6-17-9-14-8-15-17/h2-4,7-9H,5-6H2,1H3,(H,16,18). The Labute approximate surface area is 115 Å². The van der Waals surface area contributed by atoms with Crippen LogP contribution in [0.5, 0.6) is 0 Å². The lowest BCUT2D eigenvalue weighted by atomic mass is 10.2. The van der Waals surface area contributed by atoms with Gasteiger partial charge in [-0.1, -0.05) is 6.07 Å². The van der Waals surface area contributed by atoms with Gasteiger partial charge in [0.25, 0.3) is 0 Å². The molecule has 0 fully saturated rings. The predicted molar refractivity (Wildman–Crippen MR) is 71.1 cm³/mol. The maximum Gasteiger partial charge on any atom is 0.337 e. The number of esters is 1. The number of hydrogen-bond donors (Lipinski definition) is 1. The maximum atomic E-state index is 11.8. The van der Waals surface area contributed by atoms with E-state index in [0.717, 1.165) is 0 Å². The molecule has 104 valence electrons. The third-order valence-corrected chi connectivity index (χ3v) is 2.60. The molecule has 0 aliphatic rings. The van der Waals surface area contributed by atoms with E-state index >= 15 is 0 Å². The Morgan fingerprint density at radius 2 is 2.25 bits per heavy atom. The van der Waals surface area contributed by atoms with Crippen molar-refractivity contribution in [2.24, 2.45) is 0 Å². The van der Waals surface area contributed by atoms with Gasteiger partial charge in [-0.05, 0) is 18.2 Å². The fraction of sp³-hybridized carbons (Fsp3) is 0.231. The Kier molecular flexibility index (Phi) is 4.43. The molecule has 1 heterocycles. The summed E-state index contributed by atoms with van der Waals surface area (Å²) in [4.78, 5) is 26.9. The summed E-state index contributed by atoms with van der Waals surface area (Å²) >= 11 is 0. The average Bonchev–Trinajstić information content (AvgIpc) is 2.98. The van der Waals surface area contributed by atoms with Gasteiger partial charge in [0.2, 0.25) is 5.91 Å². The second kappa shape index (κ2) is 6.46. The molecule has 0 radical (unpaired) electrons. The molecule has 2 aromatic rings. The van der Waals surface area contributed by atoms with Crippen LogP contribution in [0.1, 0.15) is 16.8 Å². The number of methoxy groups -OCH3 is 1. The number of aromatic nitrogens is 3. The highest BCUT2D eigenvalue weighted by Crippen LogP contribution is 2.12. The third-order valence-electron chi connectivity index (χ3n) is 2.60. The summed E-state index contributed by atoms with van der Waals surface area (Å²) in [6.07, 6.45) is 3.23. The molecular formula is C13H14N4O3. The Balaban J connectivity index is 1.92. The number of benzene rings is 1. The normalized spacial score (nSPS) is 10.1. The van der Waals surface area contributed by atoms with Crippen molar-refractivity contribution in [3.63, 3.8) is 0 Å². The number of carbonyl (C=O) groups is 2. The molecule has 0 unspecified atom stereocenters. The number of rotatable bonds is 5. The van der Waals surface area contributed by atoms with Crippen molar-refractivity contribution in [3.05, 3.63) is 42.5 Å². The molecule has 0 saturated carbocycles. The highest BCUT2D eigenvalue weighted by atomic mass is 16.5. The highest BCUT2D eigenvalue weighted by Gasteiger charge is 2.08. The van der Waals surface area contributed by atoms with Crippen molar-refractivity contribution in [3.8, 4) is 0 Å². The Hall–Kier alpha value is -2.70. The van der Waals surface area contributed by atoms with Gasteiger partial charge in [-0.15, -0.1) is 0 Å². The van der Waals surface area contributed by atoms with Crippen LogP contribution in [0.3, 0.4) is 0 Å². The molecular weight excluding hydrogens is 260 g/mol. The lowest BCUT2D eigenvalue weighted by Crippen LogP contribution is -2.15. The second-order valence-corrected chi connectivity index (χ2v) is 4.03. The van der Waals surface area contributed by atoms with E-state index in [9.17, 15) is 9.59 Å². The largest absolute Gasteiger partial charge is 0.465 e. The number of aryl methyl sites for hydroxylation is 1. The minimum absolute atomic E-state index is 0.164. The van der Waals surface area contributed by atoms with Crippen LogP contribution < -0.4 is 5.32 Å². The highest BCUT2D eigenvalue weighted by molar-refractivity contribution is 5.94. The molecule has 0 aliphatic carbocycles. The number of anilines is 1. The molecule has 0 atom stereocenters. The second-order valence-electron chi connectivity index (χ2n) is 4.03. The number of carbonyl (C=O) groups excluding carboxylic acids is 2. The minimum atomic E-state index is -0.441. The van der Waals surface area contributed by atoms with Gasteiger partial charge in [-0.25, -0.2) is 9.78 Å². The summed E-state index contributed by atoms with van der Waals surface area (Å²) in [6.45, 7) is 0.447. The summed E-state index contributed by atoms with van der Waals surface area (Å²) in [5.74, 6) is -0.605. The molecule has 1 aromatic heterocycles. The number of ether oxygens (including phenoxy) is 1. The van der Waals surface area contributed by atoms with E-state index in [1.54, 1.807) is 35.3 Å². The third kappa shape index (κ3) is 3.64. The number of nitrogens with one attached hydrogen (secondary N) is 1. The zero-order valence-electron chi connectivity index (χ0n) is 10.9. The lowest BCUT2D eigenvalue weighted by Gasteiger charge is -2.06. The van der Waals surface area contributed by atoms with Crippen LogP contribution in [0.15, 0.2) is 36.9 Å². The molecule has 0 spiro atoms. The van der Waals surface area contributed by atoms with Gasteiger partial charge in [0, 0.05) is 12.1 Å². The van der Waals surface area contributed by atoms with Crippen molar-refractivity contribution < 1.29 is 14.3 Å². The summed E-state index contributed by atoms with van der Waals surface area (Å²) in [5.41, 5.74) is 0.943. The summed E-state index contributed by atoms with van der Waals surface area (Å²) in [6, 6.07) is 6.58. The van der Waals surface area contributed by atoms with Gasteiger partial charge in [-0.3, -0.25) is 9.48 Å². The molecule has 1 aromatic carbocycles. The SMILES string of the molecule is COC(=O)c1cccc(NC(=O)CCn2cncn2)c1. The van der Waals surface area contributed by atoms with Gasteiger partial charge in [0.15, 0.2) is 0 Å². The first-order valence-electron chi connectivity index (χ1n) is 5.99. The zero-order chi connectivity index (χ0) is 14.4. The van der Waals surface area contributed by atoms with Gasteiger partial charge >= 0.3 is 5.97 Å². The lowest BCUT2D eigenvalue weighted by molar-refractivity contribution is -0.116. The number of amides is 1. The van der Waals surface area contributed by atoms with Crippen molar-refractivity contribution in [2.75, 3.05) is 12.4 Å². The van der Waals surface area contributed by atoms with Crippen LogP contribution in [-0.2, 0) is 16.1 Å². The molecule has 0 bridgehead atoms. The van der Waals surface area contributed by atoms with E-state index in [1.165, 1.54) is 13.4 Å². The van der Waals surface area contributed by atoms with E-state index in [1.807, 2.05) is 0 Å². The van der Waals surface area contributed by atoms with Crippen molar-refractivity contribution in [1.29, 1.82) is 0 Å². The molecule has 0 saturated heterocycles. The van der Waals surface area contributed by atoms with Crippen molar-refractivity contribution in [1.82, 2.24) is 14.8 Å². The smallest absolute Gasteiger partial charge is 0.337 e. The molecule has 2 rings (SSSR count). The van der Waals surface area contributed by atoms with E-state index in [-0.39, 0.29) is 12.3 Å². The minimum Gasteiger partial charge on any atom is -0.465 e. The number of hydrogen-bond acceptors (Lipinski definition) is 5. The fourth-order valence-corrected chi connectivity index (χ4v) is 1.63. The summed E-state index contributed by atoms with van der Waals surface area (Å²) in [7, 11) is 1.31. The monoisotopic (exact) mass is 274 g/mol. The first kappa shape index (κ1) is 13.7. The quantitative estimate of drug-likeness (QED) is 0.825. The molecule has 20 heavy (non-hydrogen) atoms. The van der Waals surface area contributed by atoms with Crippen molar-refractivity contribution >= 4 is 17.6 Å². The van der Waals surface area contributed by atoms with Gasteiger partial charge < -0.3 is 10.1 Å². The molecule has 7 nitrogen and oxygen atoms in total. The first-order chi connectivity index (χ1) is 9.69. The van der Waals surface area contributed by atoms with Gasteiger partial charge in [0.05, 0.1) is 19.2 Å². The topological polar surface area (TPSA) is 86.1 Å². The van der Waals surface area contributed by atoms with Crippen LogP contribution in [0, 0.1) is 0 Å². The molecule has 1 amide bonds. The Bertz CT molecular complexity index is 595. The van der Waals surface area contributed by atoms with Gasteiger partial charge in [-0.2, -0.15) is 5.10 Å². The van der Waals surface area contributed by atoms with E-state index in [2.05, 4.69) is 20.1 Å². The van der Waals surface area contributed by atoms with Crippen LogP contribution in [-0.4, -0.2) is 33.8 Å². The van der Waals surface area contributed by atoms with E-state index in [4.69, 9.17) is 0 Å². The fourth-order valence-electron chi connectivity index (χ4n) is 1.63. The average molecular weight is 274 g/mol. The van der Waals surface area contributed by atoms with E-state index in [0.29, 0.717) is 17.8 Å². The zero-order valence-corrected chi connectivity index (χ0v) is 10.9. The molecule has 1 N–H and O–H groups in total. The van der Waals surface area contributed by atoms with Gasteiger partial charge in [0.1, 0.15) is 12.7 Å². The first-order valence-corrected chi connectivity index (χ1v) is 5.99. The number of nitrogens with zero attached hydrogens (tertiary/aromatic N) is 3. The van der Waals surface area contributed by atoms with Crippen LogP contribution in [0.25, 0.3) is 0 Å². The van der Waals surface area contributed by atoms with Crippen LogP contribution in [0.2, 0.25) is 0 Å². The van der Waals surface area contributed by atoms with Crippen LogP contribution in [0.4, 0.5) is 5.69 Å². The molecule has 0 aliphatic heterocycles. The predicted octanol–water partition coefficient (Wildman–Crippen LogP) is 1.09. The molecule has 7 heteroatoms. The van der Waals surface area contributed by atoms with E-state index < -0.39 is 5.97 Å². The Morgan fingerprint density at radius 1 is 1.40 bits per heavy atom. The maximum absolute atomic E-state index is 11.8. The summed E-state index contributed by atoms with van der Waals surface area (Å²) < 4.78 is 6.20. The van der Waals surface area contributed by atoms with Crippen LogP contribution >= 0.6 is 0 Å². The summed E-state index contributed by atoms with van der Waals surface area (Å²) in [5, 5.41) is 6.62.